The maximum Gasteiger partial charge on any atom is 0.433 e. The highest BCUT2D eigenvalue weighted by Gasteiger charge is 2.36. The monoisotopic (exact) mass is 879 g/mol. The van der Waals surface area contributed by atoms with Crippen LogP contribution < -0.4 is 0 Å². The number of nitrogens with zero attached hydrogens (tertiary/aromatic N) is 3. The molecule has 0 saturated carbocycles. The van der Waals surface area contributed by atoms with Crippen LogP contribution in [-0.2, 0) is 28.0 Å². The molecule has 0 unspecified atom stereocenters. The number of carboxylic acids is 1. The van der Waals surface area contributed by atoms with Crippen molar-refractivity contribution in [1.29, 1.82) is 0 Å². The minimum absolute atomic E-state index is 0.0721. The molecular weight excluding hydrogens is 851 g/mol. The first-order valence-corrected chi connectivity index (χ1v) is 17.4. The molecule has 3 aromatic heterocycles. The number of hydrogen-bond acceptors (Lipinski definition) is 8. The van der Waals surface area contributed by atoms with E-state index in [0.717, 1.165) is 49.6 Å². The van der Waals surface area contributed by atoms with E-state index in [0.29, 0.717) is 23.8 Å². The Kier molecular flexibility index (Phi) is 15.2. The van der Waals surface area contributed by atoms with Crippen molar-refractivity contribution in [2.75, 3.05) is 13.7 Å². The van der Waals surface area contributed by atoms with Gasteiger partial charge in [-0.3, -0.25) is 0 Å². The number of carbonyl (C=O) groups excluding carboxylic acids is 2. The number of rotatable bonds is 7. The zero-order valence-corrected chi connectivity index (χ0v) is 31.7. The van der Waals surface area contributed by atoms with Crippen LogP contribution in [0.5, 0.6) is 0 Å². The average molecular weight is 880 g/mol. The molecule has 0 atom stereocenters. The summed E-state index contributed by atoms with van der Waals surface area (Å²) in [6.07, 6.45) is -13.9. The first-order valence-electron chi connectivity index (χ1n) is 17.4. The highest BCUT2D eigenvalue weighted by Crippen LogP contribution is 2.34. The summed E-state index contributed by atoms with van der Waals surface area (Å²) < 4.78 is 150. The summed E-state index contributed by atoms with van der Waals surface area (Å²) >= 11 is 0. The molecule has 9 nitrogen and oxygen atoms in total. The minimum Gasteiger partial charge on any atom is -0.478 e. The van der Waals surface area contributed by atoms with Gasteiger partial charge in [0.15, 0.2) is 0 Å². The molecule has 0 fully saturated rings. The molecule has 0 bridgehead atoms. The Labute approximate surface area is 343 Å². The third-order valence-electron chi connectivity index (χ3n) is 7.97. The SMILES string of the molecule is CCOC(=O)c1ccc(C(F)(F)F)nc1-c1ccc(F)cc1.COC(=O)c1ccc(C(F)(F)F)nc1-c1ccc(F)cc1.O=C(O)c1ccc(C(F)(F)F)nc1-c1ccccc1. The summed E-state index contributed by atoms with van der Waals surface area (Å²) in [4.78, 5) is 44.9. The number of aromatic carboxylic acids is 1. The maximum atomic E-state index is 13.0. The quantitative estimate of drug-likeness (QED) is 0.123. The Morgan fingerprint density at radius 2 is 0.839 bits per heavy atom. The number of benzene rings is 3. The Hall–Kier alpha value is -7.25. The highest BCUT2D eigenvalue weighted by molar-refractivity contribution is 5.97. The van der Waals surface area contributed by atoms with Crippen molar-refractivity contribution >= 4 is 17.9 Å². The number of carboxylic acid groups (broad SMARTS) is 1. The topological polar surface area (TPSA) is 129 Å². The lowest BCUT2D eigenvalue weighted by Gasteiger charge is -2.12. The molecule has 0 saturated heterocycles. The molecular formula is C42H28F11N3O6. The van der Waals surface area contributed by atoms with E-state index in [9.17, 15) is 62.7 Å². The fraction of sp³-hybridized carbons (Fsp3) is 0.143. The Bertz CT molecular complexity index is 2510. The average Bonchev–Trinajstić information content (AvgIpc) is 3.23. The summed E-state index contributed by atoms with van der Waals surface area (Å²) in [5.41, 5.74) is -3.80. The van der Waals surface area contributed by atoms with Gasteiger partial charge in [0.1, 0.15) is 28.7 Å². The van der Waals surface area contributed by atoms with Gasteiger partial charge >= 0.3 is 36.4 Å². The van der Waals surface area contributed by atoms with Crippen LogP contribution in [-0.4, -0.2) is 51.7 Å². The number of esters is 2. The Morgan fingerprint density at radius 3 is 1.18 bits per heavy atom. The summed E-state index contributed by atoms with van der Waals surface area (Å²) in [6.45, 7) is 1.65. The summed E-state index contributed by atoms with van der Waals surface area (Å²) in [5, 5.41) is 9.00. The van der Waals surface area contributed by atoms with E-state index in [4.69, 9.17) is 9.84 Å². The van der Waals surface area contributed by atoms with Crippen LogP contribution >= 0.6 is 0 Å². The molecule has 3 aromatic carbocycles. The summed E-state index contributed by atoms with van der Waals surface area (Å²) in [5.74, 6) is -4.03. The number of halogens is 11. The standard InChI is InChI=1S/C15H11F4NO2.C14H9F4NO2.C13H8F3NO2/c1-2-22-14(21)11-7-8-12(15(17,18)19)20-13(11)9-3-5-10(16)6-4-9;1-21-13(20)10-6-7-11(14(16,17)18)19-12(10)8-2-4-9(15)5-3-8;14-13(15,16)10-7-6-9(12(18)19)11(17-10)8-4-2-1-3-5-8/h3-8H,2H2,1H3;2-7H,1H3;1-7H,(H,18,19). The second kappa shape index (κ2) is 19.9. The zero-order valence-electron chi connectivity index (χ0n) is 31.7. The largest absolute Gasteiger partial charge is 0.478 e. The number of ether oxygens (including phenoxy) is 2. The molecule has 20 heteroatoms. The van der Waals surface area contributed by atoms with E-state index in [-0.39, 0.29) is 51.5 Å². The summed E-state index contributed by atoms with van der Waals surface area (Å²) in [6, 6.07) is 22.1. The normalized spacial score (nSPS) is 11.3. The lowest BCUT2D eigenvalue weighted by molar-refractivity contribution is -0.141. The molecule has 0 aliphatic carbocycles. The van der Waals surface area contributed by atoms with Crippen molar-refractivity contribution in [2.24, 2.45) is 0 Å². The minimum atomic E-state index is -4.65. The first kappa shape index (κ1) is 47.4. The zero-order chi connectivity index (χ0) is 46.0. The van der Waals surface area contributed by atoms with E-state index in [2.05, 4.69) is 19.7 Å². The Morgan fingerprint density at radius 1 is 0.500 bits per heavy atom. The number of pyridine rings is 3. The van der Waals surface area contributed by atoms with Crippen LogP contribution in [0.3, 0.4) is 0 Å². The van der Waals surface area contributed by atoms with Crippen molar-refractivity contribution in [3.05, 3.63) is 161 Å². The van der Waals surface area contributed by atoms with Crippen molar-refractivity contribution in [2.45, 2.75) is 25.5 Å². The highest BCUT2D eigenvalue weighted by atomic mass is 19.4. The number of methoxy groups -OCH3 is 1. The van der Waals surface area contributed by atoms with Gasteiger partial charge in [0.05, 0.1) is 47.5 Å². The van der Waals surface area contributed by atoms with E-state index in [1.165, 1.54) is 36.4 Å². The predicted molar refractivity (Wildman–Crippen MR) is 198 cm³/mol. The van der Waals surface area contributed by atoms with E-state index < -0.39 is 65.2 Å². The number of alkyl halides is 9. The van der Waals surface area contributed by atoms with Crippen LogP contribution in [0.2, 0.25) is 0 Å². The van der Waals surface area contributed by atoms with Gasteiger partial charge in [0, 0.05) is 16.7 Å². The molecule has 324 valence electrons. The molecule has 1 N–H and O–H groups in total. The van der Waals surface area contributed by atoms with Crippen LogP contribution in [0.15, 0.2) is 115 Å². The molecule has 0 aliphatic heterocycles. The van der Waals surface area contributed by atoms with Crippen LogP contribution in [0.25, 0.3) is 33.8 Å². The van der Waals surface area contributed by atoms with E-state index >= 15 is 0 Å². The summed E-state index contributed by atoms with van der Waals surface area (Å²) in [7, 11) is 1.11. The second-order valence-corrected chi connectivity index (χ2v) is 12.2. The number of aromatic nitrogens is 3. The van der Waals surface area contributed by atoms with Crippen molar-refractivity contribution in [1.82, 2.24) is 15.0 Å². The lowest BCUT2D eigenvalue weighted by Crippen LogP contribution is -2.13. The van der Waals surface area contributed by atoms with Gasteiger partial charge < -0.3 is 14.6 Å². The molecule has 0 spiro atoms. The van der Waals surface area contributed by atoms with Crippen LogP contribution in [0.4, 0.5) is 48.3 Å². The smallest absolute Gasteiger partial charge is 0.433 e. The fourth-order valence-electron chi connectivity index (χ4n) is 5.14. The van der Waals surface area contributed by atoms with Gasteiger partial charge in [-0.2, -0.15) is 39.5 Å². The molecule has 3 heterocycles. The Balaban J connectivity index is 0.000000205. The van der Waals surface area contributed by atoms with Crippen LogP contribution in [0, 0.1) is 11.6 Å². The lowest BCUT2D eigenvalue weighted by atomic mass is 10.0. The van der Waals surface area contributed by atoms with Gasteiger partial charge in [0.25, 0.3) is 0 Å². The van der Waals surface area contributed by atoms with E-state index in [1.807, 2.05) is 0 Å². The number of carbonyl (C=O) groups is 3. The maximum absolute atomic E-state index is 13.0. The third kappa shape index (κ3) is 12.4. The van der Waals surface area contributed by atoms with E-state index in [1.54, 1.807) is 25.1 Å². The molecule has 6 rings (SSSR count). The van der Waals surface area contributed by atoms with Gasteiger partial charge in [-0.15, -0.1) is 0 Å². The fourth-order valence-corrected chi connectivity index (χ4v) is 5.14. The van der Waals surface area contributed by atoms with Crippen molar-refractivity contribution in [3.8, 4) is 33.8 Å². The number of hydrogen-bond donors (Lipinski definition) is 1. The predicted octanol–water partition coefficient (Wildman–Crippen LogP) is 11.2. The first-order chi connectivity index (χ1) is 29.0. The van der Waals surface area contributed by atoms with Gasteiger partial charge in [0.2, 0.25) is 0 Å². The molecule has 62 heavy (non-hydrogen) atoms. The van der Waals surface area contributed by atoms with Crippen molar-refractivity contribution < 1.29 is 77.3 Å². The molecule has 0 amide bonds. The second-order valence-electron chi connectivity index (χ2n) is 12.2. The molecule has 0 radical (unpaired) electrons. The third-order valence-corrected chi connectivity index (χ3v) is 7.97. The van der Waals surface area contributed by atoms with Gasteiger partial charge in [-0.25, -0.2) is 38.1 Å². The van der Waals surface area contributed by atoms with Crippen LogP contribution in [0.1, 0.15) is 55.1 Å². The molecule has 0 aliphatic rings. The molecule has 6 aromatic rings. The van der Waals surface area contributed by atoms with Gasteiger partial charge in [-0.05, 0) is 91.9 Å². The van der Waals surface area contributed by atoms with Crippen molar-refractivity contribution in [3.63, 3.8) is 0 Å². The van der Waals surface area contributed by atoms with Gasteiger partial charge in [-0.1, -0.05) is 30.3 Å².